The van der Waals surface area contributed by atoms with Crippen molar-refractivity contribution in [1.82, 2.24) is 9.80 Å². The van der Waals surface area contributed by atoms with Gasteiger partial charge >= 0.3 is 5.97 Å². The minimum Gasteiger partial charge on any atom is -0.489 e. The average Bonchev–Trinajstić information content (AvgIpc) is 2.87. The molecule has 1 aromatic carbocycles. The number of carboxylic acid groups (broad SMARTS) is 1. The lowest BCUT2D eigenvalue weighted by Gasteiger charge is -2.14. The molecule has 0 radical (unpaired) electrons. The Balaban J connectivity index is 2.17. The fourth-order valence-electron chi connectivity index (χ4n) is 2.87. The molecule has 1 aliphatic heterocycles. The summed E-state index contributed by atoms with van der Waals surface area (Å²) in [6, 6.07) is 2.58. The maximum absolute atomic E-state index is 12.6. The molecule has 172 valence electrons. The molecule has 0 unspecified atom stereocenters. The van der Waals surface area contributed by atoms with Gasteiger partial charge < -0.3 is 19.5 Å². The van der Waals surface area contributed by atoms with Crippen LogP contribution >= 0.6 is 0 Å². The summed E-state index contributed by atoms with van der Waals surface area (Å²) in [7, 11) is 0.151. The topological polar surface area (TPSA) is 143 Å². The number of fused-ring (bicyclic) bond motifs is 1. The van der Waals surface area contributed by atoms with Crippen molar-refractivity contribution in [3.05, 3.63) is 23.3 Å². The quantitative estimate of drug-likeness (QED) is 0.319. The van der Waals surface area contributed by atoms with Crippen LogP contribution in [-0.2, 0) is 19.6 Å². The molecule has 0 spiro atoms. The van der Waals surface area contributed by atoms with E-state index in [1.165, 1.54) is 12.1 Å². The predicted molar refractivity (Wildman–Crippen MR) is 112 cm³/mol. The highest BCUT2D eigenvalue weighted by Gasteiger charge is 2.36. The Labute approximate surface area is 181 Å². The number of aliphatic carboxylic acids is 1. The van der Waals surface area contributed by atoms with E-state index in [0.29, 0.717) is 6.61 Å². The van der Waals surface area contributed by atoms with E-state index in [9.17, 15) is 22.8 Å². The van der Waals surface area contributed by atoms with E-state index in [0.717, 1.165) is 17.7 Å². The maximum atomic E-state index is 12.6. The standard InChI is InChI=1S/C19H27N3O8S/c1-21(2)7-8-29-9-10-30-16-12-14-13(11-15(16)20-31(3,27)28)18(25)22(19(14)26)6-4-5-17(23)24/h11-12,20H,4-10H2,1-3H3,(H,23,24). The van der Waals surface area contributed by atoms with Crippen molar-refractivity contribution in [2.45, 2.75) is 12.8 Å². The summed E-state index contributed by atoms with van der Waals surface area (Å²) in [6.07, 6.45) is 0.888. The smallest absolute Gasteiger partial charge is 0.303 e. The molecule has 1 aliphatic rings. The first-order valence-electron chi connectivity index (χ1n) is 9.58. The van der Waals surface area contributed by atoms with E-state index >= 15 is 0 Å². The Kier molecular flexibility index (Phi) is 8.36. The van der Waals surface area contributed by atoms with E-state index < -0.39 is 27.8 Å². The molecule has 0 aromatic heterocycles. The molecule has 0 saturated carbocycles. The van der Waals surface area contributed by atoms with Gasteiger partial charge in [0, 0.05) is 19.5 Å². The van der Waals surface area contributed by atoms with Crippen LogP contribution in [0.15, 0.2) is 12.1 Å². The summed E-state index contributed by atoms with van der Waals surface area (Å²) in [5.74, 6) is -2.13. The van der Waals surface area contributed by atoms with Crippen LogP contribution in [0.1, 0.15) is 33.6 Å². The molecule has 1 aromatic rings. The van der Waals surface area contributed by atoms with E-state index in [4.69, 9.17) is 14.6 Å². The number of sulfonamides is 1. The average molecular weight is 458 g/mol. The van der Waals surface area contributed by atoms with Crippen LogP contribution in [0.25, 0.3) is 0 Å². The Bertz CT molecular complexity index is 946. The van der Waals surface area contributed by atoms with Gasteiger partial charge in [0.1, 0.15) is 12.4 Å². The van der Waals surface area contributed by atoms with Crippen LogP contribution in [0, 0.1) is 0 Å². The number of carbonyl (C=O) groups is 3. The van der Waals surface area contributed by atoms with Gasteiger partial charge in [0.25, 0.3) is 11.8 Å². The third-order valence-electron chi connectivity index (χ3n) is 4.31. The first kappa shape index (κ1) is 24.6. The summed E-state index contributed by atoms with van der Waals surface area (Å²) < 4.78 is 36.8. The summed E-state index contributed by atoms with van der Waals surface area (Å²) in [4.78, 5) is 38.9. The SMILES string of the molecule is CN(C)CCOCCOc1cc2c(cc1NS(C)(=O)=O)C(=O)N(CCCC(=O)O)C2=O. The first-order valence-corrected chi connectivity index (χ1v) is 11.5. The Morgan fingerprint density at radius 2 is 1.77 bits per heavy atom. The fraction of sp³-hybridized carbons (Fsp3) is 0.526. The molecule has 2 N–H and O–H groups in total. The lowest BCUT2D eigenvalue weighted by atomic mass is 10.1. The molecule has 0 bridgehead atoms. The lowest BCUT2D eigenvalue weighted by molar-refractivity contribution is -0.137. The third kappa shape index (κ3) is 7.19. The van der Waals surface area contributed by atoms with E-state index in [1.807, 2.05) is 19.0 Å². The third-order valence-corrected chi connectivity index (χ3v) is 4.90. The second-order valence-electron chi connectivity index (χ2n) is 7.29. The van der Waals surface area contributed by atoms with Crippen molar-refractivity contribution in [2.24, 2.45) is 0 Å². The number of likely N-dealkylation sites (N-methyl/N-ethyl adjacent to an activating group) is 1. The number of hydrogen-bond acceptors (Lipinski definition) is 8. The highest BCUT2D eigenvalue weighted by Crippen LogP contribution is 2.34. The minimum absolute atomic E-state index is 0.0288. The number of nitrogens with one attached hydrogen (secondary N) is 1. The van der Waals surface area contributed by atoms with Crippen molar-refractivity contribution in [2.75, 3.05) is 58.0 Å². The van der Waals surface area contributed by atoms with Crippen molar-refractivity contribution in [1.29, 1.82) is 0 Å². The number of benzene rings is 1. The zero-order valence-electron chi connectivity index (χ0n) is 17.7. The summed E-state index contributed by atoms with van der Waals surface area (Å²) in [6.45, 7) is 1.53. The lowest BCUT2D eigenvalue weighted by Crippen LogP contribution is -2.31. The summed E-state index contributed by atoms with van der Waals surface area (Å²) in [5, 5.41) is 8.75. The minimum atomic E-state index is -3.68. The molecular weight excluding hydrogens is 430 g/mol. The van der Waals surface area contributed by atoms with Crippen molar-refractivity contribution < 1.29 is 37.4 Å². The van der Waals surface area contributed by atoms with Crippen LogP contribution in [-0.4, -0.2) is 94.4 Å². The highest BCUT2D eigenvalue weighted by atomic mass is 32.2. The van der Waals surface area contributed by atoms with Gasteiger partial charge in [-0.1, -0.05) is 0 Å². The largest absolute Gasteiger partial charge is 0.489 e. The second-order valence-corrected chi connectivity index (χ2v) is 9.04. The molecule has 0 fully saturated rings. The van der Waals surface area contributed by atoms with Crippen LogP contribution < -0.4 is 9.46 Å². The normalized spacial score (nSPS) is 13.6. The van der Waals surface area contributed by atoms with Crippen LogP contribution in [0.3, 0.4) is 0 Å². The van der Waals surface area contributed by atoms with Crippen LogP contribution in [0.4, 0.5) is 5.69 Å². The van der Waals surface area contributed by atoms with E-state index in [1.54, 1.807) is 0 Å². The van der Waals surface area contributed by atoms with Gasteiger partial charge in [-0.3, -0.25) is 24.0 Å². The number of amides is 2. The number of imide groups is 1. The zero-order valence-corrected chi connectivity index (χ0v) is 18.5. The molecule has 0 saturated heterocycles. The predicted octanol–water partition coefficient (Wildman–Crippen LogP) is 0.476. The van der Waals surface area contributed by atoms with Crippen molar-refractivity contribution >= 4 is 33.5 Å². The number of anilines is 1. The number of ether oxygens (including phenoxy) is 2. The number of carboxylic acids is 1. The number of hydrogen-bond donors (Lipinski definition) is 2. The number of carbonyl (C=O) groups excluding carboxylic acids is 2. The van der Waals surface area contributed by atoms with Crippen LogP contribution in [0.2, 0.25) is 0 Å². The van der Waals surface area contributed by atoms with Gasteiger partial charge in [-0.25, -0.2) is 8.42 Å². The monoisotopic (exact) mass is 457 g/mol. The fourth-order valence-corrected chi connectivity index (χ4v) is 3.43. The van der Waals surface area contributed by atoms with E-state index in [-0.39, 0.29) is 55.2 Å². The Morgan fingerprint density at radius 3 is 2.35 bits per heavy atom. The molecule has 0 aliphatic carbocycles. The van der Waals surface area contributed by atoms with Gasteiger partial charge in [-0.2, -0.15) is 0 Å². The molecule has 0 atom stereocenters. The van der Waals surface area contributed by atoms with Gasteiger partial charge in [0.15, 0.2) is 0 Å². The van der Waals surface area contributed by atoms with Gasteiger partial charge in [-0.05, 0) is 32.6 Å². The molecule has 12 heteroatoms. The van der Waals surface area contributed by atoms with Crippen LogP contribution in [0.5, 0.6) is 5.75 Å². The van der Waals surface area contributed by atoms with Crippen molar-refractivity contribution in [3.8, 4) is 5.75 Å². The number of nitrogens with zero attached hydrogens (tertiary/aromatic N) is 2. The zero-order chi connectivity index (χ0) is 23.2. The first-order chi connectivity index (χ1) is 14.5. The van der Waals surface area contributed by atoms with Gasteiger partial charge in [-0.15, -0.1) is 0 Å². The molecule has 2 rings (SSSR count). The Hall–Kier alpha value is -2.70. The maximum Gasteiger partial charge on any atom is 0.303 e. The molecule has 31 heavy (non-hydrogen) atoms. The molecule has 1 heterocycles. The number of rotatable bonds is 13. The Morgan fingerprint density at radius 1 is 1.13 bits per heavy atom. The van der Waals surface area contributed by atoms with Gasteiger partial charge in [0.2, 0.25) is 10.0 Å². The molecule has 11 nitrogen and oxygen atoms in total. The highest BCUT2D eigenvalue weighted by molar-refractivity contribution is 7.92. The van der Waals surface area contributed by atoms with E-state index in [2.05, 4.69) is 4.72 Å². The van der Waals surface area contributed by atoms with Gasteiger partial charge in [0.05, 0.1) is 36.3 Å². The van der Waals surface area contributed by atoms with Crippen molar-refractivity contribution in [3.63, 3.8) is 0 Å². The summed E-state index contributed by atoms with van der Waals surface area (Å²) in [5.41, 5.74) is 0.132. The second kappa shape index (κ2) is 10.6. The molecule has 2 amide bonds. The summed E-state index contributed by atoms with van der Waals surface area (Å²) >= 11 is 0. The molecular formula is C19H27N3O8S.